The predicted molar refractivity (Wildman–Crippen MR) is 82.3 cm³/mol. The first-order chi connectivity index (χ1) is 11.1. The number of rotatable bonds is 4. The van der Waals surface area contributed by atoms with Crippen molar-refractivity contribution >= 4 is 23.3 Å². The van der Waals surface area contributed by atoms with Crippen LogP contribution < -0.4 is 5.32 Å². The molecule has 1 N–H and O–H groups in total. The third-order valence-corrected chi connectivity index (χ3v) is 3.72. The van der Waals surface area contributed by atoms with Gasteiger partial charge in [-0.2, -0.15) is 0 Å². The van der Waals surface area contributed by atoms with Crippen molar-refractivity contribution in [2.45, 2.75) is 12.8 Å². The van der Waals surface area contributed by atoms with Gasteiger partial charge in [0.1, 0.15) is 0 Å². The van der Waals surface area contributed by atoms with Gasteiger partial charge in [-0.3, -0.25) is 14.6 Å². The van der Waals surface area contributed by atoms with Crippen LogP contribution in [0.4, 0.5) is 5.69 Å². The van der Waals surface area contributed by atoms with E-state index in [2.05, 4.69) is 10.3 Å². The number of nitrogens with one attached hydrogen (secondary N) is 1. The molecule has 6 nitrogen and oxygen atoms in total. The summed E-state index contributed by atoms with van der Waals surface area (Å²) in [7, 11) is 0. The second-order valence-corrected chi connectivity index (χ2v) is 5.25. The number of carbonyl (C=O) groups is 3. The minimum Gasteiger partial charge on any atom is -0.454 e. The van der Waals surface area contributed by atoms with Crippen LogP contribution in [0.15, 0.2) is 42.7 Å². The second kappa shape index (κ2) is 6.00. The third-order valence-electron chi connectivity index (χ3n) is 3.72. The van der Waals surface area contributed by atoms with Gasteiger partial charge >= 0.3 is 5.97 Å². The number of benzene rings is 1. The van der Waals surface area contributed by atoms with Gasteiger partial charge in [-0.05, 0) is 42.8 Å². The fraction of sp³-hybridized carbons (Fsp3) is 0.176. The molecule has 1 aromatic carbocycles. The van der Waals surface area contributed by atoms with Crippen LogP contribution in [0.3, 0.4) is 0 Å². The van der Waals surface area contributed by atoms with Gasteiger partial charge < -0.3 is 10.1 Å². The molecular weight excluding hydrogens is 296 g/mol. The molecule has 0 bridgehead atoms. The van der Waals surface area contributed by atoms with Gasteiger partial charge in [0.15, 0.2) is 12.4 Å². The van der Waals surface area contributed by atoms with Crippen LogP contribution in [0.25, 0.3) is 0 Å². The lowest BCUT2D eigenvalue weighted by Crippen LogP contribution is -2.14. The van der Waals surface area contributed by atoms with Crippen molar-refractivity contribution in [1.29, 1.82) is 0 Å². The number of amides is 1. The lowest BCUT2D eigenvalue weighted by molar-refractivity contribution is -0.116. The summed E-state index contributed by atoms with van der Waals surface area (Å²) in [6.07, 6.45) is 2.92. The van der Waals surface area contributed by atoms with Gasteiger partial charge in [0, 0.05) is 23.6 Å². The van der Waals surface area contributed by atoms with E-state index in [1.54, 1.807) is 43.5 Å². The Labute approximate surface area is 132 Å². The average molecular weight is 310 g/mol. The van der Waals surface area contributed by atoms with Crippen LogP contribution in [-0.4, -0.2) is 29.3 Å². The molecule has 1 aliphatic rings. The highest BCUT2D eigenvalue weighted by Gasteiger charge is 2.27. The van der Waals surface area contributed by atoms with E-state index in [4.69, 9.17) is 4.74 Å². The van der Waals surface area contributed by atoms with Gasteiger partial charge in [0.25, 0.3) is 0 Å². The molecule has 2 heterocycles. The topological polar surface area (TPSA) is 85.4 Å². The zero-order chi connectivity index (χ0) is 16.4. The monoisotopic (exact) mass is 310 g/mol. The molecule has 0 spiro atoms. The Hall–Kier alpha value is -3.02. The summed E-state index contributed by atoms with van der Waals surface area (Å²) < 4.78 is 5.00. The molecule has 0 radical (unpaired) electrons. The standard InChI is InChI=1S/C17H14N2O4/c1-10-13-7-11(4-5-14(13)19-16(10)21)15(20)9-23-17(22)12-3-2-6-18-8-12/h2-8,10H,9H2,1H3,(H,19,21)/t10-/m1/s1. The summed E-state index contributed by atoms with van der Waals surface area (Å²) in [5, 5.41) is 2.74. The fourth-order valence-electron chi connectivity index (χ4n) is 2.37. The number of ether oxygens (including phenoxy) is 1. The zero-order valence-electron chi connectivity index (χ0n) is 12.4. The number of anilines is 1. The average Bonchev–Trinajstić information content (AvgIpc) is 2.87. The van der Waals surface area contributed by atoms with Crippen molar-refractivity contribution in [2.24, 2.45) is 0 Å². The van der Waals surface area contributed by atoms with E-state index >= 15 is 0 Å². The maximum Gasteiger partial charge on any atom is 0.340 e. The Kier molecular flexibility index (Phi) is 3.89. The number of carbonyl (C=O) groups excluding carboxylic acids is 3. The van der Waals surface area contributed by atoms with Gasteiger partial charge in [0.05, 0.1) is 11.5 Å². The number of fused-ring (bicyclic) bond motifs is 1. The molecule has 1 amide bonds. The van der Waals surface area contributed by atoms with Crippen LogP contribution in [0.2, 0.25) is 0 Å². The van der Waals surface area contributed by atoms with E-state index in [9.17, 15) is 14.4 Å². The molecule has 116 valence electrons. The summed E-state index contributed by atoms with van der Waals surface area (Å²) >= 11 is 0. The fourth-order valence-corrected chi connectivity index (χ4v) is 2.37. The van der Waals surface area contributed by atoms with Crippen LogP contribution in [0.1, 0.15) is 39.1 Å². The normalized spacial score (nSPS) is 15.7. The van der Waals surface area contributed by atoms with Crippen molar-refractivity contribution < 1.29 is 19.1 Å². The Balaban J connectivity index is 1.68. The van der Waals surface area contributed by atoms with Crippen molar-refractivity contribution in [3.8, 4) is 0 Å². The Morgan fingerprint density at radius 2 is 2.09 bits per heavy atom. The first-order valence-corrected chi connectivity index (χ1v) is 7.11. The molecule has 1 aliphatic heterocycles. The Bertz CT molecular complexity index is 786. The van der Waals surface area contributed by atoms with Crippen molar-refractivity contribution in [2.75, 3.05) is 11.9 Å². The number of pyridine rings is 1. The van der Waals surface area contributed by atoms with E-state index in [0.29, 0.717) is 11.3 Å². The van der Waals surface area contributed by atoms with E-state index < -0.39 is 5.97 Å². The highest BCUT2D eigenvalue weighted by molar-refractivity contribution is 6.05. The summed E-state index contributed by atoms with van der Waals surface area (Å²) in [4.78, 5) is 39.4. The zero-order valence-corrected chi connectivity index (χ0v) is 12.4. The van der Waals surface area contributed by atoms with Gasteiger partial charge in [-0.25, -0.2) is 4.79 Å². The summed E-state index contributed by atoms with van der Waals surface area (Å²) in [5.41, 5.74) is 2.19. The molecule has 6 heteroatoms. The number of Topliss-reactive ketones (excluding diaryl/α,β-unsaturated/α-hetero) is 1. The molecule has 1 atom stereocenters. The van der Waals surface area contributed by atoms with Gasteiger partial charge in [-0.15, -0.1) is 0 Å². The van der Waals surface area contributed by atoms with E-state index in [-0.39, 0.29) is 29.8 Å². The molecule has 23 heavy (non-hydrogen) atoms. The molecule has 0 saturated carbocycles. The minimum absolute atomic E-state index is 0.0902. The Morgan fingerprint density at radius 1 is 1.26 bits per heavy atom. The van der Waals surface area contributed by atoms with Crippen LogP contribution in [-0.2, 0) is 9.53 Å². The minimum atomic E-state index is -0.599. The quantitative estimate of drug-likeness (QED) is 0.691. The molecule has 1 aromatic heterocycles. The van der Waals surface area contributed by atoms with Crippen LogP contribution in [0.5, 0.6) is 0 Å². The van der Waals surface area contributed by atoms with E-state index in [1.807, 2.05) is 0 Å². The third kappa shape index (κ3) is 2.96. The van der Waals surface area contributed by atoms with Crippen molar-refractivity contribution in [3.05, 3.63) is 59.4 Å². The lowest BCUT2D eigenvalue weighted by atomic mass is 9.99. The maximum absolute atomic E-state index is 12.2. The highest BCUT2D eigenvalue weighted by atomic mass is 16.5. The summed E-state index contributed by atoms with van der Waals surface area (Å²) in [5.74, 6) is -1.31. The number of hydrogen-bond donors (Lipinski definition) is 1. The maximum atomic E-state index is 12.2. The van der Waals surface area contributed by atoms with Gasteiger partial charge in [-0.1, -0.05) is 0 Å². The van der Waals surface area contributed by atoms with Crippen LogP contribution in [0, 0.1) is 0 Å². The van der Waals surface area contributed by atoms with Gasteiger partial charge in [0.2, 0.25) is 5.91 Å². The number of aromatic nitrogens is 1. The molecular formula is C17H14N2O4. The smallest absolute Gasteiger partial charge is 0.340 e. The largest absolute Gasteiger partial charge is 0.454 e. The lowest BCUT2D eigenvalue weighted by Gasteiger charge is -2.06. The first-order valence-electron chi connectivity index (χ1n) is 7.11. The number of nitrogens with zero attached hydrogens (tertiary/aromatic N) is 1. The van der Waals surface area contributed by atoms with Crippen LogP contribution >= 0.6 is 0 Å². The highest BCUT2D eigenvalue weighted by Crippen LogP contribution is 2.32. The summed E-state index contributed by atoms with van der Waals surface area (Å²) in [6.45, 7) is 1.42. The molecule has 0 fully saturated rings. The number of hydrogen-bond acceptors (Lipinski definition) is 5. The van der Waals surface area contributed by atoms with E-state index in [0.717, 1.165) is 5.56 Å². The second-order valence-electron chi connectivity index (χ2n) is 5.25. The summed E-state index contributed by atoms with van der Waals surface area (Å²) in [6, 6.07) is 8.14. The molecule has 3 rings (SSSR count). The number of esters is 1. The predicted octanol–water partition coefficient (Wildman–Crippen LogP) is 2.18. The number of ketones is 1. The molecule has 0 aliphatic carbocycles. The molecule has 0 saturated heterocycles. The molecule has 2 aromatic rings. The van der Waals surface area contributed by atoms with E-state index in [1.165, 1.54) is 6.20 Å². The molecule has 0 unspecified atom stereocenters. The first kappa shape index (κ1) is 14.9. The van der Waals surface area contributed by atoms with Crippen molar-refractivity contribution in [3.63, 3.8) is 0 Å². The van der Waals surface area contributed by atoms with Crippen molar-refractivity contribution in [1.82, 2.24) is 4.98 Å². The SMILES string of the molecule is C[C@H]1C(=O)Nc2ccc(C(=O)COC(=O)c3cccnc3)cc21. The Morgan fingerprint density at radius 3 is 2.83 bits per heavy atom.